The number of rotatable bonds is 3. The molecule has 0 aromatic heterocycles. The van der Waals surface area contributed by atoms with Gasteiger partial charge in [-0.3, -0.25) is 4.79 Å². The number of benzene rings is 1. The van der Waals surface area contributed by atoms with E-state index in [-0.39, 0.29) is 24.5 Å². The molecule has 4 heteroatoms. The molecule has 1 amide bonds. The van der Waals surface area contributed by atoms with Crippen LogP contribution in [0, 0.1) is 17.8 Å². The van der Waals surface area contributed by atoms with E-state index in [1.807, 2.05) is 31.2 Å². The monoisotopic (exact) mass is 273 g/mol. The Kier molecular flexibility index (Phi) is 5.16. The summed E-state index contributed by atoms with van der Waals surface area (Å²) in [4.78, 5) is 12.2. The number of amides is 1. The second-order valence-electron chi connectivity index (χ2n) is 4.74. The third-order valence-corrected chi connectivity index (χ3v) is 3.41. The summed E-state index contributed by atoms with van der Waals surface area (Å²) in [5, 5.41) is 11.5. The first-order valence-electron chi connectivity index (χ1n) is 6.87. The molecule has 1 aliphatic rings. The number of ether oxygens (including phenoxy) is 1. The van der Waals surface area contributed by atoms with Crippen LogP contribution in [0.1, 0.15) is 25.3 Å². The zero-order valence-electron chi connectivity index (χ0n) is 11.6. The first kappa shape index (κ1) is 14.6. The highest BCUT2D eigenvalue weighted by atomic mass is 16.5. The van der Waals surface area contributed by atoms with Crippen LogP contribution in [-0.4, -0.2) is 30.3 Å². The summed E-state index contributed by atoms with van der Waals surface area (Å²) < 4.78 is 5.53. The molecular formula is C16H19NO3. The largest absolute Gasteiger partial charge is 0.384 e. The van der Waals surface area contributed by atoms with Gasteiger partial charge in [0.15, 0.2) is 0 Å². The highest BCUT2D eigenvalue weighted by molar-refractivity contribution is 5.93. The third-order valence-electron chi connectivity index (χ3n) is 3.41. The van der Waals surface area contributed by atoms with Crippen molar-refractivity contribution in [1.82, 2.24) is 0 Å². The molecule has 2 rings (SSSR count). The fourth-order valence-corrected chi connectivity index (χ4v) is 2.36. The van der Waals surface area contributed by atoms with Crippen LogP contribution in [0.15, 0.2) is 24.3 Å². The molecule has 0 aliphatic carbocycles. The fourth-order valence-electron chi connectivity index (χ4n) is 2.36. The van der Waals surface area contributed by atoms with Crippen molar-refractivity contribution in [3.05, 3.63) is 29.8 Å². The Labute approximate surface area is 119 Å². The number of nitrogens with one attached hydrogen (secondary N) is 1. The number of hydrogen-bond donors (Lipinski definition) is 2. The second kappa shape index (κ2) is 7.09. The van der Waals surface area contributed by atoms with Crippen LogP contribution in [0.2, 0.25) is 0 Å². The Morgan fingerprint density at radius 2 is 2.20 bits per heavy atom. The minimum atomic E-state index is -0.154. The molecule has 0 bridgehead atoms. The van der Waals surface area contributed by atoms with Crippen LogP contribution in [0.5, 0.6) is 0 Å². The quantitative estimate of drug-likeness (QED) is 0.825. The molecule has 2 atom stereocenters. The normalized spacial score (nSPS) is 21.1. The van der Waals surface area contributed by atoms with Crippen LogP contribution in [-0.2, 0) is 9.53 Å². The van der Waals surface area contributed by atoms with Crippen molar-refractivity contribution in [3.8, 4) is 11.8 Å². The van der Waals surface area contributed by atoms with E-state index in [1.165, 1.54) is 0 Å². The minimum absolute atomic E-state index is 0.0172. The molecule has 2 N–H and O–H groups in total. The van der Waals surface area contributed by atoms with Crippen LogP contribution < -0.4 is 5.32 Å². The molecule has 1 heterocycles. The van der Waals surface area contributed by atoms with Crippen molar-refractivity contribution in [2.24, 2.45) is 5.92 Å². The number of carbonyl (C=O) groups is 1. The van der Waals surface area contributed by atoms with Crippen molar-refractivity contribution < 1.29 is 14.6 Å². The molecule has 0 radical (unpaired) electrons. The van der Waals surface area contributed by atoms with E-state index in [4.69, 9.17) is 9.84 Å². The van der Waals surface area contributed by atoms with Gasteiger partial charge in [0, 0.05) is 17.9 Å². The van der Waals surface area contributed by atoms with Crippen molar-refractivity contribution in [2.75, 3.05) is 18.5 Å². The van der Waals surface area contributed by atoms with Crippen molar-refractivity contribution in [3.63, 3.8) is 0 Å². The van der Waals surface area contributed by atoms with Gasteiger partial charge in [-0.2, -0.15) is 0 Å². The molecule has 4 nitrogen and oxygen atoms in total. The molecule has 1 aliphatic heterocycles. The SMILES string of the molecule is CCC1OCCC1C(=O)Nc1ccc(C#CCO)cc1. The molecule has 106 valence electrons. The van der Waals surface area contributed by atoms with E-state index in [0.717, 1.165) is 24.1 Å². The molecular weight excluding hydrogens is 254 g/mol. The van der Waals surface area contributed by atoms with E-state index >= 15 is 0 Å². The summed E-state index contributed by atoms with van der Waals surface area (Å²) in [6.45, 7) is 2.54. The Bertz CT molecular complexity index is 513. The topological polar surface area (TPSA) is 58.6 Å². The number of aliphatic hydroxyl groups is 1. The van der Waals surface area contributed by atoms with Crippen LogP contribution >= 0.6 is 0 Å². The van der Waals surface area contributed by atoms with Crippen LogP contribution in [0.4, 0.5) is 5.69 Å². The Morgan fingerprint density at radius 3 is 2.85 bits per heavy atom. The molecule has 1 fully saturated rings. The van der Waals surface area contributed by atoms with Gasteiger partial charge in [-0.25, -0.2) is 0 Å². The molecule has 2 unspecified atom stereocenters. The van der Waals surface area contributed by atoms with Gasteiger partial charge in [0.05, 0.1) is 12.0 Å². The Balaban J connectivity index is 1.97. The standard InChI is InChI=1S/C16H19NO3/c1-2-15-14(9-11-20-15)16(19)17-13-7-5-12(6-8-13)4-3-10-18/h5-8,14-15,18H,2,9-11H2,1H3,(H,17,19). The minimum Gasteiger partial charge on any atom is -0.384 e. The lowest BCUT2D eigenvalue weighted by Gasteiger charge is -2.16. The fraction of sp³-hybridized carbons (Fsp3) is 0.438. The van der Waals surface area contributed by atoms with E-state index < -0.39 is 0 Å². The summed E-state index contributed by atoms with van der Waals surface area (Å²) in [5.74, 6) is 5.35. The van der Waals surface area contributed by atoms with Gasteiger partial charge in [-0.15, -0.1) is 0 Å². The van der Waals surface area contributed by atoms with Crippen LogP contribution in [0.25, 0.3) is 0 Å². The number of aliphatic hydroxyl groups excluding tert-OH is 1. The predicted octanol–water partition coefficient (Wildman–Crippen LogP) is 1.78. The highest BCUT2D eigenvalue weighted by Gasteiger charge is 2.32. The van der Waals surface area contributed by atoms with Gasteiger partial charge in [0.2, 0.25) is 5.91 Å². The summed E-state index contributed by atoms with van der Waals surface area (Å²) >= 11 is 0. The van der Waals surface area contributed by atoms with E-state index in [9.17, 15) is 4.79 Å². The molecule has 0 saturated carbocycles. The summed E-state index contributed by atoms with van der Waals surface area (Å²) in [5.41, 5.74) is 1.57. The van der Waals surface area contributed by atoms with Gasteiger partial charge in [0.1, 0.15) is 6.61 Å². The Hall–Kier alpha value is -1.83. The Morgan fingerprint density at radius 1 is 1.45 bits per heavy atom. The maximum absolute atomic E-state index is 12.2. The lowest BCUT2D eigenvalue weighted by atomic mass is 9.98. The summed E-state index contributed by atoms with van der Waals surface area (Å²) in [6, 6.07) is 7.27. The number of hydrogen-bond acceptors (Lipinski definition) is 3. The first-order valence-corrected chi connectivity index (χ1v) is 6.87. The smallest absolute Gasteiger partial charge is 0.230 e. The van der Waals surface area contributed by atoms with Gasteiger partial charge in [-0.05, 0) is 37.1 Å². The second-order valence-corrected chi connectivity index (χ2v) is 4.74. The molecule has 1 aromatic carbocycles. The van der Waals surface area contributed by atoms with E-state index in [1.54, 1.807) is 0 Å². The van der Waals surface area contributed by atoms with E-state index in [0.29, 0.717) is 6.61 Å². The molecule has 1 saturated heterocycles. The lowest BCUT2D eigenvalue weighted by molar-refractivity contribution is -0.121. The zero-order valence-corrected chi connectivity index (χ0v) is 11.6. The number of anilines is 1. The maximum Gasteiger partial charge on any atom is 0.230 e. The van der Waals surface area contributed by atoms with Gasteiger partial charge in [-0.1, -0.05) is 18.8 Å². The highest BCUT2D eigenvalue weighted by Crippen LogP contribution is 2.24. The maximum atomic E-state index is 12.2. The van der Waals surface area contributed by atoms with Crippen LogP contribution in [0.3, 0.4) is 0 Å². The first-order chi connectivity index (χ1) is 9.74. The molecule has 20 heavy (non-hydrogen) atoms. The van der Waals surface area contributed by atoms with E-state index in [2.05, 4.69) is 17.2 Å². The van der Waals surface area contributed by atoms with Gasteiger partial charge < -0.3 is 15.2 Å². The third kappa shape index (κ3) is 3.60. The van der Waals surface area contributed by atoms with Gasteiger partial charge >= 0.3 is 0 Å². The van der Waals surface area contributed by atoms with Crippen molar-refractivity contribution >= 4 is 11.6 Å². The van der Waals surface area contributed by atoms with Gasteiger partial charge in [0.25, 0.3) is 0 Å². The summed E-state index contributed by atoms with van der Waals surface area (Å²) in [6.07, 6.45) is 1.67. The number of carbonyl (C=O) groups excluding carboxylic acids is 1. The lowest BCUT2D eigenvalue weighted by Crippen LogP contribution is -2.29. The zero-order chi connectivity index (χ0) is 14.4. The van der Waals surface area contributed by atoms with Crippen molar-refractivity contribution in [1.29, 1.82) is 0 Å². The van der Waals surface area contributed by atoms with Crippen molar-refractivity contribution in [2.45, 2.75) is 25.9 Å². The summed E-state index contributed by atoms with van der Waals surface area (Å²) in [7, 11) is 0. The predicted molar refractivity (Wildman–Crippen MR) is 77.2 cm³/mol. The average Bonchev–Trinajstić information content (AvgIpc) is 2.95. The average molecular weight is 273 g/mol. The molecule has 0 spiro atoms. The molecule has 1 aromatic rings.